The van der Waals surface area contributed by atoms with Crippen molar-refractivity contribution in [3.63, 3.8) is 0 Å². The van der Waals surface area contributed by atoms with Gasteiger partial charge in [0, 0.05) is 17.8 Å². The maximum Gasteiger partial charge on any atom is 0.145 e. The molecule has 0 aliphatic heterocycles. The van der Waals surface area contributed by atoms with Crippen LogP contribution in [0.1, 0.15) is 12.8 Å². The van der Waals surface area contributed by atoms with Crippen molar-refractivity contribution in [3.05, 3.63) is 53.9 Å². The molecule has 1 fully saturated rings. The lowest BCUT2D eigenvalue weighted by atomic mass is 10.1. The molecule has 0 bridgehead atoms. The van der Waals surface area contributed by atoms with Crippen molar-refractivity contribution in [2.75, 3.05) is 11.9 Å². The molecule has 0 spiro atoms. The summed E-state index contributed by atoms with van der Waals surface area (Å²) in [6, 6.07) is 9.31. The van der Waals surface area contributed by atoms with E-state index < -0.39 is 5.67 Å². The molecule has 0 amide bonds. The van der Waals surface area contributed by atoms with Gasteiger partial charge in [-0.3, -0.25) is 4.98 Å². The highest BCUT2D eigenvalue weighted by atomic mass is 35.5. The number of nitrogens with zero attached hydrogens (tertiary/aromatic N) is 2. The summed E-state index contributed by atoms with van der Waals surface area (Å²) in [4.78, 5) is 8.42. The van der Waals surface area contributed by atoms with Gasteiger partial charge in [-0.1, -0.05) is 11.6 Å². The number of hydrogen-bond donors (Lipinski definition) is 1. The van der Waals surface area contributed by atoms with Crippen LogP contribution >= 0.6 is 11.6 Å². The van der Waals surface area contributed by atoms with Crippen LogP contribution in [-0.4, -0.2) is 22.2 Å². The third-order valence-electron chi connectivity index (χ3n) is 3.99. The van der Waals surface area contributed by atoms with Crippen molar-refractivity contribution in [2.45, 2.75) is 18.5 Å². The van der Waals surface area contributed by atoms with Gasteiger partial charge in [-0.25, -0.2) is 9.37 Å². The lowest BCUT2D eigenvalue weighted by molar-refractivity contribution is 0.178. The molecular weight excluding hydrogens is 329 g/mol. The number of ether oxygens (including phenoxy) is 1. The minimum absolute atomic E-state index is 0.114. The standard InChI is InChI=1S/C18H15ClFN3O/c19-13-8-14(10-21-9-13)23-17-16-2-1-15(7-12(16)3-6-22-17)24-11-18(20)4-5-18/h1-3,6-10H,4-5,11H2,(H,22,23). The van der Waals surface area contributed by atoms with E-state index in [0.29, 0.717) is 29.4 Å². The average molecular weight is 344 g/mol. The smallest absolute Gasteiger partial charge is 0.145 e. The Morgan fingerprint density at radius 2 is 2.08 bits per heavy atom. The minimum Gasteiger partial charge on any atom is -0.490 e. The Balaban J connectivity index is 1.60. The highest BCUT2D eigenvalue weighted by molar-refractivity contribution is 6.30. The van der Waals surface area contributed by atoms with Crippen LogP contribution in [0.4, 0.5) is 15.9 Å². The van der Waals surface area contributed by atoms with Crippen LogP contribution in [-0.2, 0) is 0 Å². The highest BCUT2D eigenvalue weighted by Crippen LogP contribution is 2.40. The number of aromatic nitrogens is 2. The molecule has 24 heavy (non-hydrogen) atoms. The summed E-state index contributed by atoms with van der Waals surface area (Å²) in [5.74, 6) is 1.36. The first-order chi connectivity index (χ1) is 11.6. The van der Waals surface area contributed by atoms with Gasteiger partial charge in [-0.2, -0.15) is 0 Å². The van der Waals surface area contributed by atoms with Crippen LogP contribution in [0.5, 0.6) is 5.75 Å². The van der Waals surface area contributed by atoms with Gasteiger partial charge in [0.15, 0.2) is 0 Å². The molecule has 122 valence electrons. The van der Waals surface area contributed by atoms with Crippen molar-refractivity contribution < 1.29 is 9.13 Å². The first-order valence-corrected chi connectivity index (χ1v) is 8.07. The fourth-order valence-corrected chi connectivity index (χ4v) is 2.63. The molecule has 4 nitrogen and oxygen atoms in total. The topological polar surface area (TPSA) is 47.0 Å². The largest absolute Gasteiger partial charge is 0.490 e. The molecule has 0 saturated heterocycles. The van der Waals surface area contributed by atoms with E-state index in [4.69, 9.17) is 16.3 Å². The number of nitrogens with one attached hydrogen (secondary N) is 1. The summed E-state index contributed by atoms with van der Waals surface area (Å²) in [5.41, 5.74) is -0.365. The summed E-state index contributed by atoms with van der Waals surface area (Å²) in [5, 5.41) is 5.66. The van der Waals surface area contributed by atoms with Gasteiger partial charge in [0.05, 0.1) is 16.9 Å². The van der Waals surface area contributed by atoms with E-state index in [1.165, 1.54) is 0 Å². The number of anilines is 2. The van der Waals surface area contributed by atoms with Gasteiger partial charge in [-0.15, -0.1) is 0 Å². The van der Waals surface area contributed by atoms with Crippen LogP contribution in [0.3, 0.4) is 0 Å². The Hall–Kier alpha value is -2.40. The lowest BCUT2D eigenvalue weighted by Gasteiger charge is -2.12. The molecule has 3 aromatic rings. The number of rotatable bonds is 5. The Morgan fingerprint density at radius 1 is 1.21 bits per heavy atom. The minimum atomic E-state index is -1.13. The second-order valence-electron chi connectivity index (χ2n) is 6.00. The van der Waals surface area contributed by atoms with Crippen molar-refractivity contribution >= 4 is 33.9 Å². The van der Waals surface area contributed by atoms with Gasteiger partial charge in [0.25, 0.3) is 0 Å². The number of fused-ring (bicyclic) bond motifs is 1. The molecule has 0 radical (unpaired) electrons. The number of pyridine rings is 2. The van der Waals surface area contributed by atoms with E-state index in [1.807, 2.05) is 24.3 Å². The molecule has 6 heteroatoms. The molecule has 2 aromatic heterocycles. The fourth-order valence-electron chi connectivity index (χ4n) is 2.45. The highest BCUT2D eigenvalue weighted by Gasteiger charge is 2.44. The Kier molecular flexibility index (Phi) is 3.73. The molecule has 0 atom stereocenters. The molecule has 1 aliphatic carbocycles. The summed E-state index contributed by atoms with van der Waals surface area (Å²) < 4.78 is 19.2. The maximum absolute atomic E-state index is 13.7. The Morgan fingerprint density at radius 3 is 2.88 bits per heavy atom. The number of benzene rings is 1. The quantitative estimate of drug-likeness (QED) is 0.715. The third-order valence-corrected chi connectivity index (χ3v) is 4.20. The Labute approximate surface area is 143 Å². The van der Waals surface area contributed by atoms with E-state index >= 15 is 0 Å². The van der Waals surface area contributed by atoms with Crippen molar-refractivity contribution in [1.29, 1.82) is 0 Å². The monoisotopic (exact) mass is 343 g/mol. The van der Waals surface area contributed by atoms with Crippen molar-refractivity contribution in [3.8, 4) is 5.75 Å². The zero-order valence-corrected chi connectivity index (χ0v) is 13.6. The molecule has 1 saturated carbocycles. The third kappa shape index (κ3) is 3.26. The van der Waals surface area contributed by atoms with Crippen LogP contribution in [0.2, 0.25) is 5.02 Å². The first kappa shape index (κ1) is 15.1. The predicted octanol–water partition coefficient (Wildman–Crippen LogP) is 4.91. The molecular formula is C18H15ClFN3O. The molecule has 2 heterocycles. The van der Waals surface area contributed by atoms with Crippen LogP contribution in [0, 0.1) is 0 Å². The molecule has 1 N–H and O–H groups in total. The van der Waals surface area contributed by atoms with Crippen molar-refractivity contribution in [1.82, 2.24) is 9.97 Å². The normalized spacial score (nSPS) is 15.2. The predicted molar refractivity (Wildman–Crippen MR) is 92.8 cm³/mol. The van der Waals surface area contributed by atoms with Gasteiger partial charge in [-0.05, 0) is 48.6 Å². The van der Waals surface area contributed by atoms with Crippen molar-refractivity contribution in [2.24, 2.45) is 0 Å². The van der Waals surface area contributed by atoms with Crippen LogP contribution in [0.25, 0.3) is 10.8 Å². The van der Waals surface area contributed by atoms with E-state index in [0.717, 1.165) is 16.5 Å². The summed E-state index contributed by atoms with van der Waals surface area (Å²) in [6.45, 7) is 0.114. The summed E-state index contributed by atoms with van der Waals surface area (Å²) >= 11 is 5.96. The zero-order chi connectivity index (χ0) is 16.6. The fraction of sp³-hybridized carbons (Fsp3) is 0.222. The van der Waals surface area contributed by atoms with Gasteiger partial charge in [0.1, 0.15) is 23.8 Å². The van der Waals surface area contributed by atoms with E-state index in [1.54, 1.807) is 24.7 Å². The molecule has 1 aromatic carbocycles. The summed E-state index contributed by atoms with van der Waals surface area (Å²) in [6.07, 6.45) is 6.15. The number of hydrogen-bond acceptors (Lipinski definition) is 4. The van der Waals surface area contributed by atoms with Gasteiger partial charge >= 0.3 is 0 Å². The SMILES string of the molecule is FC1(COc2ccc3c(Nc4cncc(Cl)c4)nccc3c2)CC1. The molecule has 4 rings (SSSR count). The zero-order valence-electron chi connectivity index (χ0n) is 12.8. The van der Waals surface area contributed by atoms with E-state index in [9.17, 15) is 4.39 Å². The van der Waals surface area contributed by atoms with Gasteiger partial charge < -0.3 is 10.1 Å². The molecule has 1 aliphatic rings. The Bertz CT molecular complexity index is 898. The first-order valence-electron chi connectivity index (χ1n) is 7.69. The van der Waals surface area contributed by atoms with Crippen LogP contribution < -0.4 is 10.1 Å². The molecule has 0 unspecified atom stereocenters. The number of halogens is 2. The van der Waals surface area contributed by atoms with E-state index in [-0.39, 0.29) is 6.61 Å². The second-order valence-corrected chi connectivity index (χ2v) is 6.44. The number of alkyl halides is 1. The second kappa shape index (κ2) is 5.91. The average Bonchev–Trinajstić information content (AvgIpc) is 3.31. The van der Waals surface area contributed by atoms with E-state index in [2.05, 4.69) is 15.3 Å². The summed E-state index contributed by atoms with van der Waals surface area (Å²) in [7, 11) is 0. The lowest BCUT2D eigenvalue weighted by Crippen LogP contribution is -2.13. The van der Waals surface area contributed by atoms with Gasteiger partial charge in [0.2, 0.25) is 0 Å². The maximum atomic E-state index is 13.7. The van der Waals surface area contributed by atoms with Crippen LogP contribution in [0.15, 0.2) is 48.9 Å².